The molecule has 0 aliphatic carbocycles. The van der Waals surface area contributed by atoms with E-state index in [1.54, 1.807) is 0 Å². The summed E-state index contributed by atoms with van der Waals surface area (Å²) in [6.45, 7) is 5.49. The van der Waals surface area contributed by atoms with Gasteiger partial charge in [0.25, 0.3) is 0 Å². The first-order valence-corrected chi connectivity index (χ1v) is 6.48. The van der Waals surface area contributed by atoms with Crippen molar-refractivity contribution in [3.63, 3.8) is 0 Å². The lowest BCUT2D eigenvalue weighted by Crippen LogP contribution is -2.37. The molecule has 0 atom stereocenters. The maximum absolute atomic E-state index is 5.62. The Morgan fingerprint density at radius 3 is 2.56 bits per heavy atom. The molecule has 1 aliphatic heterocycles. The summed E-state index contributed by atoms with van der Waals surface area (Å²) in [5.74, 6) is 0.843. The zero-order chi connectivity index (χ0) is 12.8. The van der Waals surface area contributed by atoms with E-state index in [1.807, 2.05) is 36.3 Å². The van der Waals surface area contributed by atoms with E-state index >= 15 is 0 Å². The van der Waals surface area contributed by atoms with Gasteiger partial charge in [-0.3, -0.25) is 0 Å². The van der Waals surface area contributed by atoms with Gasteiger partial charge in [0.1, 0.15) is 5.75 Å². The summed E-state index contributed by atoms with van der Waals surface area (Å²) in [6.07, 6.45) is 0. The highest BCUT2D eigenvalue weighted by molar-refractivity contribution is 7.80. The predicted octanol–water partition coefficient (Wildman–Crippen LogP) is 2.02. The van der Waals surface area contributed by atoms with E-state index < -0.39 is 0 Å². The van der Waals surface area contributed by atoms with E-state index in [2.05, 4.69) is 0 Å². The monoisotopic (exact) mass is 267 g/mol. The fourth-order valence-electron chi connectivity index (χ4n) is 1.66. The second kappa shape index (κ2) is 6.68. The minimum Gasteiger partial charge on any atom is -0.494 e. The Bertz CT molecular complexity index is 388. The first kappa shape index (κ1) is 13.3. The standard InChI is InChI=1S/C13H17NO3S/c1-2-16-12-5-3-11(4-6-12)13(18)17-14-7-9-15-10-8-14/h3-6H,2,7-10H2,1H3. The molecule has 0 radical (unpaired) electrons. The molecule has 0 amide bonds. The molecule has 98 valence electrons. The summed E-state index contributed by atoms with van der Waals surface area (Å²) in [5, 5.41) is 2.32. The van der Waals surface area contributed by atoms with Gasteiger partial charge in [0.2, 0.25) is 5.05 Å². The topological polar surface area (TPSA) is 30.9 Å². The van der Waals surface area contributed by atoms with E-state index in [1.165, 1.54) is 0 Å². The number of thiocarbonyl (C=S) groups is 1. The van der Waals surface area contributed by atoms with Crippen LogP contribution in [-0.4, -0.2) is 43.0 Å². The number of hydroxylamine groups is 2. The van der Waals surface area contributed by atoms with Crippen LogP contribution in [0, 0.1) is 0 Å². The zero-order valence-corrected chi connectivity index (χ0v) is 11.2. The Balaban J connectivity index is 1.91. The Labute approximate surface area is 112 Å². The van der Waals surface area contributed by atoms with Crippen molar-refractivity contribution >= 4 is 17.3 Å². The maximum Gasteiger partial charge on any atom is 0.218 e. The van der Waals surface area contributed by atoms with Gasteiger partial charge in [-0.2, -0.15) is 0 Å². The van der Waals surface area contributed by atoms with E-state index in [0.29, 0.717) is 24.9 Å². The fourth-order valence-corrected chi connectivity index (χ4v) is 1.90. The molecule has 2 rings (SSSR count). The van der Waals surface area contributed by atoms with E-state index in [-0.39, 0.29) is 0 Å². The molecule has 1 saturated heterocycles. The van der Waals surface area contributed by atoms with Crippen molar-refractivity contribution in [2.24, 2.45) is 0 Å². The molecule has 0 bridgehead atoms. The van der Waals surface area contributed by atoms with Crippen LogP contribution in [0.5, 0.6) is 5.75 Å². The van der Waals surface area contributed by atoms with Crippen molar-refractivity contribution in [2.75, 3.05) is 32.9 Å². The van der Waals surface area contributed by atoms with Crippen LogP contribution in [0.2, 0.25) is 0 Å². The molecular weight excluding hydrogens is 250 g/mol. The molecule has 0 spiro atoms. The van der Waals surface area contributed by atoms with Gasteiger partial charge >= 0.3 is 0 Å². The van der Waals surface area contributed by atoms with Gasteiger partial charge in [0, 0.05) is 5.56 Å². The first-order chi connectivity index (χ1) is 8.79. The molecule has 1 heterocycles. The molecule has 1 fully saturated rings. The Hall–Kier alpha value is -1.17. The number of nitrogens with zero attached hydrogens (tertiary/aromatic N) is 1. The Morgan fingerprint density at radius 1 is 1.28 bits per heavy atom. The molecule has 1 aromatic carbocycles. The lowest BCUT2D eigenvalue weighted by atomic mass is 10.2. The molecular formula is C13H17NO3S. The highest BCUT2D eigenvalue weighted by Gasteiger charge is 2.14. The molecule has 1 aliphatic rings. The van der Waals surface area contributed by atoms with E-state index in [4.69, 9.17) is 26.5 Å². The van der Waals surface area contributed by atoms with Gasteiger partial charge in [-0.05, 0) is 43.4 Å². The molecule has 5 heteroatoms. The summed E-state index contributed by atoms with van der Waals surface area (Å²) in [7, 11) is 0. The molecule has 0 unspecified atom stereocenters. The van der Waals surface area contributed by atoms with Crippen molar-refractivity contribution in [3.05, 3.63) is 29.8 Å². The number of ether oxygens (including phenoxy) is 2. The largest absolute Gasteiger partial charge is 0.494 e. The molecule has 18 heavy (non-hydrogen) atoms. The first-order valence-electron chi connectivity index (χ1n) is 6.07. The minimum absolute atomic E-state index is 0.486. The molecule has 4 nitrogen and oxygen atoms in total. The third-order valence-electron chi connectivity index (χ3n) is 2.58. The number of benzene rings is 1. The summed E-state index contributed by atoms with van der Waals surface area (Å²) in [5.41, 5.74) is 0.889. The molecule has 1 aromatic rings. The number of hydrogen-bond donors (Lipinski definition) is 0. The number of rotatable bonds is 4. The predicted molar refractivity (Wildman–Crippen MR) is 72.8 cm³/mol. The Kier molecular flexibility index (Phi) is 4.92. The van der Waals surface area contributed by atoms with Crippen LogP contribution in [0.25, 0.3) is 0 Å². The number of morpholine rings is 1. The van der Waals surface area contributed by atoms with Crippen molar-refractivity contribution in [2.45, 2.75) is 6.92 Å². The normalized spacial score (nSPS) is 16.3. The highest BCUT2D eigenvalue weighted by Crippen LogP contribution is 2.14. The van der Waals surface area contributed by atoms with E-state index in [0.717, 1.165) is 24.4 Å². The van der Waals surface area contributed by atoms with Gasteiger partial charge in [-0.25, -0.2) is 0 Å². The van der Waals surface area contributed by atoms with Crippen LogP contribution < -0.4 is 4.74 Å². The van der Waals surface area contributed by atoms with Crippen LogP contribution in [0.15, 0.2) is 24.3 Å². The number of hydrogen-bond acceptors (Lipinski definition) is 5. The molecule has 0 saturated carbocycles. The Morgan fingerprint density at radius 2 is 1.94 bits per heavy atom. The second-order valence-electron chi connectivity index (χ2n) is 3.88. The minimum atomic E-state index is 0.486. The third kappa shape index (κ3) is 3.66. The maximum atomic E-state index is 5.62. The van der Waals surface area contributed by atoms with Gasteiger partial charge in [0.05, 0.1) is 32.9 Å². The van der Waals surface area contributed by atoms with Crippen molar-refractivity contribution < 1.29 is 14.3 Å². The molecule has 0 aromatic heterocycles. The quantitative estimate of drug-likeness (QED) is 0.779. The van der Waals surface area contributed by atoms with Crippen molar-refractivity contribution in [3.8, 4) is 5.75 Å². The average Bonchev–Trinajstić information content (AvgIpc) is 2.41. The van der Waals surface area contributed by atoms with Crippen LogP contribution in [-0.2, 0) is 9.57 Å². The second-order valence-corrected chi connectivity index (χ2v) is 4.25. The van der Waals surface area contributed by atoms with Crippen LogP contribution in [0.4, 0.5) is 0 Å². The van der Waals surface area contributed by atoms with Gasteiger partial charge in [-0.1, -0.05) is 0 Å². The SMILES string of the molecule is CCOc1ccc(C(=S)ON2CCOCC2)cc1. The fraction of sp³-hybridized carbons (Fsp3) is 0.462. The summed E-state index contributed by atoms with van der Waals surface area (Å²) >= 11 is 5.26. The smallest absolute Gasteiger partial charge is 0.218 e. The van der Waals surface area contributed by atoms with Crippen LogP contribution in [0.3, 0.4) is 0 Å². The molecule has 0 N–H and O–H groups in total. The lowest BCUT2D eigenvalue weighted by molar-refractivity contribution is -0.126. The van der Waals surface area contributed by atoms with Gasteiger partial charge < -0.3 is 14.3 Å². The summed E-state index contributed by atoms with van der Waals surface area (Å²) in [4.78, 5) is 5.62. The zero-order valence-electron chi connectivity index (χ0n) is 10.4. The van der Waals surface area contributed by atoms with Gasteiger partial charge in [0.15, 0.2) is 0 Å². The van der Waals surface area contributed by atoms with Crippen LogP contribution in [0.1, 0.15) is 12.5 Å². The van der Waals surface area contributed by atoms with Crippen molar-refractivity contribution in [1.82, 2.24) is 5.06 Å². The lowest BCUT2D eigenvalue weighted by Gasteiger charge is -2.26. The summed E-state index contributed by atoms with van der Waals surface area (Å²) in [6, 6.07) is 7.61. The van der Waals surface area contributed by atoms with Crippen molar-refractivity contribution in [1.29, 1.82) is 0 Å². The van der Waals surface area contributed by atoms with Gasteiger partial charge in [-0.15, -0.1) is 5.06 Å². The highest BCUT2D eigenvalue weighted by atomic mass is 32.1. The average molecular weight is 267 g/mol. The van der Waals surface area contributed by atoms with E-state index in [9.17, 15) is 0 Å². The summed E-state index contributed by atoms with van der Waals surface area (Å²) < 4.78 is 10.6. The van der Waals surface area contributed by atoms with Crippen LogP contribution >= 0.6 is 12.2 Å². The third-order valence-corrected chi connectivity index (χ3v) is 2.89.